The van der Waals surface area contributed by atoms with E-state index in [0.29, 0.717) is 6.54 Å². The van der Waals surface area contributed by atoms with Gasteiger partial charge in [-0.3, -0.25) is 4.90 Å². The van der Waals surface area contributed by atoms with Crippen molar-refractivity contribution in [2.45, 2.75) is 19.9 Å². The van der Waals surface area contributed by atoms with Gasteiger partial charge in [-0.15, -0.1) is 0 Å². The van der Waals surface area contributed by atoms with E-state index in [9.17, 15) is 4.79 Å². The smallest absolute Gasteiger partial charge is 0.315 e. The normalized spacial score (nSPS) is 16.0. The number of urea groups is 1. The molecule has 1 heterocycles. The zero-order chi connectivity index (χ0) is 15.1. The summed E-state index contributed by atoms with van der Waals surface area (Å²) in [6.07, 6.45) is 0. The van der Waals surface area contributed by atoms with Crippen molar-refractivity contribution in [1.29, 1.82) is 0 Å². The number of nitrogens with one attached hydrogen (secondary N) is 2. The molecule has 5 nitrogen and oxygen atoms in total. The van der Waals surface area contributed by atoms with Crippen LogP contribution in [0, 0.1) is 0 Å². The van der Waals surface area contributed by atoms with Crippen LogP contribution in [0.4, 0.5) is 10.5 Å². The van der Waals surface area contributed by atoms with Crippen molar-refractivity contribution in [3.8, 4) is 0 Å². The van der Waals surface area contributed by atoms with Gasteiger partial charge in [0.05, 0.1) is 0 Å². The summed E-state index contributed by atoms with van der Waals surface area (Å²) >= 11 is 0. The van der Waals surface area contributed by atoms with Gasteiger partial charge in [-0.25, -0.2) is 4.79 Å². The molecule has 1 aromatic rings. The second-order valence-corrected chi connectivity index (χ2v) is 5.72. The third kappa shape index (κ3) is 5.27. The number of hydrogen-bond donors (Lipinski definition) is 2. The molecule has 0 aliphatic carbocycles. The Labute approximate surface area is 127 Å². The summed E-state index contributed by atoms with van der Waals surface area (Å²) < 4.78 is 0. The second-order valence-electron chi connectivity index (χ2n) is 5.72. The molecule has 21 heavy (non-hydrogen) atoms. The summed E-state index contributed by atoms with van der Waals surface area (Å²) in [5.41, 5.74) is 1.30. The molecule has 0 atom stereocenters. The van der Waals surface area contributed by atoms with Gasteiger partial charge in [0, 0.05) is 51.0 Å². The van der Waals surface area contributed by atoms with E-state index < -0.39 is 0 Å². The zero-order valence-corrected chi connectivity index (χ0v) is 13.0. The molecule has 0 radical (unpaired) electrons. The quantitative estimate of drug-likeness (QED) is 0.864. The van der Waals surface area contributed by atoms with Crippen LogP contribution < -0.4 is 15.5 Å². The minimum absolute atomic E-state index is 0.0760. The standard InChI is InChI=1S/C16H26N4O/c1-14(2)18-16(21)17-8-9-19-10-12-20(13-11-19)15-6-4-3-5-7-15/h3-7,14H,8-13H2,1-2H3,(H2,17,18,21). The largest absolute Gasteiger partial charge is 0.369 e. The molecule has 0 bridgehead atoms. The van der Waals surface area contributed by atoms with Crippen molar-refractivity contribution in [2.75, 3.05) is 44.2 Å². The molecule has 0 unspecified atom stereocenters. The summed E-state index contributed by atoms with van der Waals surface area (Å²) in [6, 6.07) is 10.6. The summed E-state index contributed by atoms with van der Waals surface area (Å²) in [7, 11) is 0. The summed E-state index contributed by atoms with van der Waals surface area (Å²) in [4.78, 5) is 16.3. The van der Waals surface area contributed by atoms with Crippen molar-refractivity contribution in [3.63, 3.8) is 0 Å². The molecule has 1 fully saturated rings. The Bertz CT molecular complexity index is 427. The van der Waals surface area contributed by atoms with Crippen molar-refractivity contribution in [2.24, 2.45) is 0 Å². The van der Waals surface area contributed by atoms with E-state index >= 15 is 0 Å². The lowest BCUT2D eigenvalue weighted by Gasteiger charge is -2.36. The van der Waals surface area contributed by atoms with Crippen LogP contribution in [0.2, 0.25) is 0 Å². The number of para-hydroxylation sites is 1. The topological polar surface area (TPSA) is 47.6 Å². The fraction of sp³-hybridized carbons (Fsp3) is 0.562. The number of amides is 2. The number of hydrogen-bond acceptors (Lipinski definition) is 3. The Kier molecular flexibility index (Phi) is 5.87. The molecule has 5 heteroatoms. The minimum Gasteiger partial charge on any atom is -0.369 e. The number of anilines is 1. The highest BCUT2D eigenvalue weighted by Gasteiger charge is 2.16. The Morgan fingerprint density at radius 3 is 2.43 bits per heavy atom. The minimum atomic E-state index is -0.0760. The maximum absolute atomic E-state index is 11.5. The fourth-order valence-electron chi connectivity index (χ4n) is 2.51. The van der Waals surface area contributed by atoms with E-state index in [1.807, 2.05) is 19.9 Å². The van der Waals surface area contributed by atoms with E-state index in [1.165, 1.54) is 5.69 Å². The third-order valence-corrected chi connectivity index (χ3v) is 3.63. The molecule has 2 amide bonds. The van der Waals surface area contributed by atoms with Gasteiger partial charge in [-0.05, 0) is 26.0 Å². The first kappa shape index (κ1) is 15.6. The summed E-state index contributed by atoms with van der Waals surface area (Å²) in [6.45, 7) is 9.71. The van der Waals surface area contributed by atoms with Crippen LogP contribution >= 0.6 is 0 Å². The molecule has 0 spiro atoms. The van der Waals surface area contributed by atoms with Gasteiger partial charge in [-0.1, -0.05) is 18.2 Å². The van der Waals surface area contributed by atoms with Crippen LogP contribution in [0.15, 0.2) is 30.3 Å². The van der Waals surface area contributed by atoms with Crippen LogP contribution in [0.3, 0.4) is 0 Å². The zero-order valence-electron chi connectivity index (χ0n) is 13.0. The highest BCUT2D eigenvalue weighted by atomic mass is 16.2. The highest BCUT2D eigenvalue weighted by molar-refractivity contribution is 5.74. The van der Waals surface area contributed by atoms with Crippen LogP contribution in [0.1, 0.15) is 13.8 Å². The predicted octanol–water partition coefficient (Wildman–Crippen LogP) is 1.52. The van der Waals surface area contributed by atoms with Crippen LogP contribution in [0.5, 0.6) is 0 Å². The van der Waals surface area contributed by atoms with Gasteiger partial charge in [0.1, 0.15) is 0 Å². The molecule has 0 aromatic heterocycles. The highest BCUT2D eigenvalue weighted by Crippen LogP contribution is 2.15. The average Bonchev–Trinajstić information content (AvgIpc) is 2.48. The molecular formula is C16H26N4O. The molecule has 2 rings (SSSR count). The number of piperazine rings is 1. The molecule has 1 aliphatic heterocycles. The Morgan fingerprint density at radius 1 is 1.14 bits per heavy atom. The van der Waals surface area contributed by atoms with Crippen LogP contribution in [-0.4, -0.2) is 56.2 Å². The maximum Gasteiger partial charge on any atom is 0.315 e. The number of rotatable bonds is 5. The van der Waals surface area contributed by atoms with Crippen molar-refractivity contribution in [3.05, 3.63) is 30.3 Å². The Balaban J connectivity index is 1.64. The molecule has 1 saturated heterocycles. The summed E-state index contributed by atoms with van der Waals surface area (Å²) in [5.74, 6) is 0. The van der Waals surface area contributed by atoms with Gasteiger partial charge >= 0.3 is 6.03 Å². The van der Waals surface area contributed by atoms with Crippen LogP contribution in [0.25, 0.3) is 0 Å². The molecule has 2 N–H and O–H groups in total. The van der Waals surface area contributed by atoms with Gasteiger partial charge in [-0.2, -0.15) is 0 Å². The first-order valence-electron chi connectivity index (χ1n) is 7.72. The van der Waals surface area contributed by atoms with Crippen molar-refractivity contribution >= 4 is 11.7 Å². The average molecular weight is 290 g/mol. The summed E-state index contributed by atoms with van der Waals surface area (Å²) in [5, 5.41) is 5.73. The lowest BCUT2D eigenvalue weighted by atomic mass is 10.2. The number of carbonyl (C=O) groups is 1. The molecular weight excluding hydrogens is 264 g/mol. The molecule has 1 aliphatic rings. The Morgan fingerprint density at radius 2 is 1.81 bits per heavy atom. The van der Waals surface area contributed by atoms with E-state index in [4.69, 9.17) is 0 Å². The monoisotopic (exact) mass is 290 g/mol. The van der Waals surface area contributed by atoms with Crippen LogP contribution in [-0.2, 0) is 0 Å². The second kappa shape index (κ2) is 7.88. The fourth-order valence-corrected chi connectivity index (χ4v) is 2.51. The van der Waals surface area contributed by atoms with Gasteiger partial charge < -0.3 is 15.5 Å². The molecule has 0 saturated carbocycles. The van der Waals surface area contributed by atoms with E-state index in [0.717, 1.165) is 32.7 Å². The third-order valence-electron chi connectivity index (χ3n) is 3.63. The van der Waals surface area contributed by atoms with Crippen molar-refractivity contribution in [1.82, 2.24) is 15.5 Å². The van der Waals surface area contributed by atoms with E-state index in [1.54, 1.807) is 0 Å². The van der Waals surface area contributed by atoms with Gasteiger partial charge in [0.2, 0.25) is 0 Å². The number of benzene rings is 1. The molecule has 1 aromatic carbocycles. The van der Waals surface area contributed by atoms with Gasteiger partial charge in [0.25, 0.3) is 0 Å². The number of nitrogens with zero attached hydrogens (tertiary/aromatic N) is 2. The maximum atomic E-state index is 11.5. The first-order valence-corrected chi connectivity index (χ1v) is 7.72. The SMILES string of the molecule is CC(C)NC(=O)NCCN1CCN(c2ccccc2)CC1. The lowest BCUT2D eigenvalue weighted by molar-refractivity contribution is 0.230. The Hall–Kier alpha value is -1.75. The van der Waals surface area contributed by atoms with E-state index in [2.05, 4.69) is 44.7 Å². The predicted molar refractivity (Wildman–Crippen MR) is 86.8 cm³/mol. The number of carbonyl (C=O) groups excluding carboxylic acids is 1. The lowest BCUT2D eigenvalue weighted by Crippen LogP contribution is -2.49. The first-order chi connectivity index (χ1) is 10.1. The van der Waals surface area contributed by atoms with Gasteiger partial charge in [0.15, 0.2) is 0 Å². The molecule has 116 valence electrons. The van der Waals surface area contributed by atoms with Crippen molar-refractivity contribution < 1.29 is 4.79 Å². The van der Waals surface area contributed by atoms with E-state index in [-0.39, 0.29) is 12.1 Å².